The van der Waals surface area contributed by atoms with Gasteiger partial charge in [0.2, 0.25) is 0 Å². The summed E-state index contributed by atoms with van der Waals surface area (Å²) in [5.41, 5.74) is 1.41. The van der Waals surface area contributed by atoms with Crippen molar-refractivity contribution in [1.82, 2.24) is 24.1 Å². The molecule has 0 spiro atoms. The highest BCUT2D eigenvalue weighted by molar-refractivity contribution is 7.15. The van der Waals surface area contributed by atoms with E-state index in [-0.39, 0.29) is 24.3 Å². The van der Waals surface area contributed by atoms with Crippen molar-refractivity contribution < 1.29 is 19.1 Å². The third-order valence-corrected chi connectivity index (χ3v) is 6.74. The van der Waals surface area contributed by atoms with Crippen molar-refractivity contribution in [3.05, 3.63) is 23.0 Å². The van der Waals surface area contributed by atoms with E-state index in [9.17, 15) is 9.59 Å². The van der Waals surface area contributed by atoms with Gasteiger partial charge in [0.15, 0.2) is 10.7 Å². The van der Waals surface area contributed by atoms with E-state index in [0.717, 1.165) is 36.7 Å². The molecule has 0 saturated carbocycles. The number of hydrogen-bond acceptors (Lipinski definition) is 8. The third kappa shape index (κ3) is 5.08. The number of likely N-dealkylation sites (N-methyl/N-ethyl adjacent to an activating group) is 1. The Morgan fingerprint density at radius 1 is 1.26 bits per heavy atom. The Kier molecular flexibility index (Phi) is 7.21. The number of rotatable bonds is 6. The molecule has 2 saturated heterocycles. The molecule has 0 bridgehead atoms. The zero-order chi connectivity index (χ0) is 21.8. The number of imidazole rings is 1. The van der Waals surface area contributed by atoms with Gasteiger partial charge in [-0.3, -0.25) is 18.9 Å². The van der Waals surface area contributed by atoms with Crippen LogP contribution >= 0.6 is 11.3 Å². The van der Waals surface area contributed by atoms with Crippen LogP contribution in [0.3, 0.4) is 0 Å². The maximum atomic E-state index is 13.5. The van der Waals surface area contributed by atoms with Crippen LogP contribution in [0.25, 0.3) is 4.96 Å². The van der Waals surface area contributed by atoms with Crippen molar-refractivity contribution in [1.29, 1.82) is 0 Å². The van der Waals surface area contributed by atoms with Gasteiger partial charge in [-0.05, 0) is 26.9 Å². The molecule has 10 heteroatoms. The second-order valence-corrected chi connectivity index (χ2v) is 8.99. The van der Waals surface area contributed by atoms with Crippen LogP contribution in [0.1, 0.15) is 35.9 Å². The normalized spacial score (nSPS) is 21.4. The van der Waals surface area contributed by atoms with Gasteiger partial charge in [0.25, 0.3) is 5.91 Å². The van der Waals surface area contributed by atoms with Crippen LogP contribution in [-0.2, 0) is 20.8 Å². The van der Waals surface area contributed by atoms with Crippen molar-refractivity contribution in [2.75, 3.05) is 59.6 Å². The van der Waals surface area contributed by atoms with Crippen LogP contribution in [0.4, 0.5) is 0 Å². The molecule has 4 heterocycles. The van der Waals surface area contributed by atoms with Gasteiger partial charge in [-0.15, -0.1) is 11.3 Å². The minimum atomic E-state index is -0.220. The average molecular weight is 450 g/mol. The molecule has 2 aromatic rings. The van der Waals surface area contributed by atoms with Crippen LogP contribution in [0, 0.1) is 0 Å². The highest BCUT2D eigenvalue weighted by atomic mass is 32.1. The van der Waals surface area contributed by atoms with Crippen LogP contribution in [0.15, 0.2) is 11.6 Å². The molecule has 1 amide bonds. The Hall–Kier alpha value is -2.01. The summed E-state index contributed by atoms with van der Waals surface area (Å²) in [7, 11) is 2.09. The smallest absolute Gasteiger partial charge is 0.307 e. The molecule has 0 aromatic carbocycles. The van der Waals surface area contributed by atoms with E-state index in [0.29, 0.717) is 45.1 Å². The lowest BCUT2D eigenvalue weighted by molar-refractivity contribution is -0.146. The number of hydrogen-bond donors (Lipinski definition) is 0. The molecule has 4 rings (SSSR count). The fourth-order valence-corrected chi connectivity index (χ4v) is 4.98. The number of thiazole rings is 1. The second kappa shape index (κ2) is 10.1. The molecule has 2 aliphatic heterocycles. The van der Waals surface area contributed by atoms with Crippen LogP contribution in [0.2, 0.25) is 0 Å². The maximum Gasteiger partial charge on any atom is 0.307 e. The number of nitrogens with zero attached hydrogens (tertiary/aromatic N) is 5. The summed E-state index contributed by atoms with van der Waals surface area (Å²) in [6.45, 7) is 7.83. The van der Waals surface area contributed by atoms with E-state index in [1.54, 1.807) is 0 Å². The first-order chi connectivity index (χ1) is 15.1. The van der Waals surface area contributed by atoms with Gasteiger partial charge in [0.05, 0.1) is 31.9 Å². The van der Waals surface area contributed by atoms with E-state index in [1.165, 1.54) is 11.3 Å². The summed E-state index contributed by atoms with van der Waals surface area (Å²) in [6.07, 6.45) is 3.21. The molecule has 2 aliphatic rings. The third-order valence-electron chi connectivity index (χ3n) is 5.98. The highest BCUT2D eigenvalue weighted by Crippen LogP contribution is 2.23. The standard InChI is InChI=1S/C21H31N5O4S/c1-3-30-18(27)13-16-15-29-11-9-25(16)14-17-19(22-21-26(17)10-12-31-21)20(28)24-6-4-5-23(2)7-8-24/h10,12,16H,3-9,11,13-15H2,1-2H3/t16-/m1/s1. The molecule has 0 aliphatic carbocycles. The lowest BCUT2D eigenvalue weighted by Crippen LogP contribution is -2.46. The average Bonchev–Trinajstić information content (AvgIpc) is 3.27. The molecular weight excluding hydrogens is 418 g/mol. The fourth-order valence-electron chi connectivity index (χ4n) is 4.24. The van der Waals surface area contributed by atoms with E-state index in [2.05, 4.69) is 16.8 Å². The van der Waals surface area contributed by atoms with E-state index in [4.69, 9.17) is 14.5 Å². The van der Waals surface area contributed by atoms with Crippen molar-refractivity contribution in [3.8, 4) is 0 Å². The number of morpholine rings is 1. The van der Waals surface area contributed by atoms with Crippen LogP contribution in [-0.4, -0.2) is 102 Å². The number of amides is 1. The molecule has 1 atom stereocenters. The summed E-state index contributed by atoms with van der Waals surface area (Å²) in [4.78, 5) is 37.5. The minimum absolute atomic E-state index is 0.00333. The monoisotopic (exact) mass is 449 g/mol. The molecule has 0 radical (unpaired) electrons. The first-order valence-corrected chi connectivity index (χ1v) is 11.8. The number of esters is 1. The molecule has 2 aromatic heterocycles. The lowest BCUT2D eigenvalue weighted by Gasteiger charge is -2.35. The molecule has 2 fully saturated rings. The zero-order valence-corrected chi connectivity index (χ0v) is 19.1. The molecule has 9 nitrogen and oxygen atoms in total. The predicted octanol–water partition coefficient (Wildman–Crippen LogP) is 1.33. The van der Waals surface area contributed by atoms with Crippen molar-refractivity contribution in [2.45, 2.75) is 32.4 Å². The first-order valence-electron chi connectivity index (χ1n) is 11.0. The Labute approximate surface area is 186 Å². The SMILES string of the molecule is CCOC(=O)C[C@@H]1COCCN1Cc1c(C(=O)N2CCCN(C)CC2)nc2sccn12. The summed E-state index contributed by atoms with van der Waals surface area (Å²) in [5.74, 6) is -0.224. The number of fused-ring (bicyclic) bond motifs is 1. The van der Waals surface area contributed by atoms with E-state index in [1.807, 2.05) is 27.8 Å². The van der Waals surface area contributed by atoms with Gasteiger partial charge in [0.1, 0.15) is 0 Å². The molecule has 170 valence electrons. The van der Waals surface area contributed by atoms with Gasteiger partial charge in [-0.2, -0.15) is 0 Å². The molecular formula is C21H31N5O4S. The Bertz CT molecular complexity index is 913. The summed E-state index contributed by atoms with van der Waals surface area (Å²) in [5, 5.41) is 1.98. The molecule has 0 unspecified atom stereocenters. The lowest BCUT2D eigenvalue weighted by atomic mass is 10.1. The Morgan fingerprint density at radius 2 is 2.13 bits per heavy atom. The summed E-state index contributed by atoms with van der Waals surface area (Å²) in [6, 6.07) is -0.0771. The Balaban J connectivity index is 1.57. The maximum absolute atomic E-state index is 13.5. The van der Waals surface area contributed by atoms with Gasteiger partial charge in [0, 0.05) is 50.3 Å². The number of ether oxygens (including phenoxy) is 2. The van der Waals surface area contributed by atoms with Gasteiger partial charge in [-0.25, -0.2) is 4.98 Å². The second-order valence-electron chi connectivity index (χ2n) is 8.12. The first kappa shape index (κ1) is 22.2. The Morgan fingerprint density at radius 3 is 2.97 bits per heavy atom. The van der Waals surface area contributed by atoms with Gasteiger partial charge in [-0.1, -0.05) is 0 Å². The minimum Gasteiger partial charge on any atom is -0.466 e. The van der Waals surface area contributed by atoms with Gasteiger partial charge < -0.3 is 19.3 Å². The van der Waals surface area contributed by atoms with Crippen LogP contribution in [0.5, 0.6) is 0 Å². The number of aromatic nitrogens is 2. The quantitative estimate of drug-likeness (QED) is 0.616. The number of carbonyl (C=O) groups is 2. The zero-order valence-electron chi connectivity index (χ0n) is 18.3. The fraction of sp³-hybridized carbons (Fsp3) is 0.667. The molecule has 0 N–H and O–H groups in total. The highest BCUT2D eigenvalue weighted by Gasteiger charge is 2.31. The number of carbonyl (C=O) groups excluding carboxylic acids is 2. The van der Waals surface area contributed by atoms with Crippen molar-refractivity contribution >= 4 is 28.2 Å². The topological polar surface area (TPSA) is 79.6 Å². The van der Waals surface area contributed by atoms with Crippen molar-refractivity contribution in [2.24, 2.45) is 0 Å². The summed E-state index contributed by atoms with van der Waals surface area (Å²) >= 11 is 1.53. The predicted molar refractivity (Wildman–Crippen MR) is 117 cm³/mol. The van der Waals surface area contributed by atoms with E-state index >= 15 is 0 Å². The van der Waals surface area contributed by atoms with Crippen molar-refractivity contribution in [3.63, 3.8) is 0 Å². The summed E-state index contributed by atoms with van der Waals surface area (Å²) < 4.78 is 12.8. The molecule has 31 heavy (non-hydrogen) atoms. The van der Waals surface area contributed by atoms with Crippen LogP contribution < -0.4 is 0 Å². The van der Waals surface area contributed by atoms with Gasteiger partial charge >= 0.3 is 5.97 Å². The van der Waals surface area contributed by atoms with E-state index < -0.39 is 0 Å². The largest absolute Gasteiger partial charge is 0.466 e.